The predicted molar refractivity (Wildman–Crippen MR) is 334 cm³/mol. The highest BCUT2D eigenvalue weighted by Crippen LogP contribution is 2.24. The Kier molecular flexibility index (Phi) is 28.0. The van der Waals surface area contributed by atoms with Gasteiger partial charge in [0, 0.05) is 54.2 Å². The number of hydrogen-bond donors (Lipinski definition) is 7. The maximum absolute atomic E-state index is 15.0. The van der Waals surface area contributed by atoms with E-state index in [-0.39, 0.29) is 56.4 Å². The third-order valence-electron chi connectivity index (χ3n) is 17.4. The molecule has 0 aromatic heterocycles. The van der Waals surface area contributed by atoms with Crippen molar-refractivity contribution in [2.24, 2.45) is 23.7 Å². The van der Waals surface area contributed by atoms with Crippen LogP contribution in [-0.4, -0.2) is 226 Å². The van der Waals surface area contributed by atoms with Gasteiger partial charge in [0.15, 0.2) is 0 Å². The summed E-state index contributed by atoms with van der Waals surface area (Å²) in [5.74, 6) is -9.57. The number of benzene rings is 1. The van der Waals surface area contributed by atoms with Gasteiger partial charge in [0.25, 0.3) is 0 Å². The van der Waals surface area contributed by atoms with Gasteiger partial charge in [-0.2, -0.15) is 0 Å². The molecule has 3 aliphatic rings. The van der Waals surface area contributed by atoms with Gasteiger partial charge in [-0.05, 0) is 108 Å². The average Bonchev–Trinajstić information content (AvgIpc) is 3.12. The highest BCUT2D eigenvalue weighted by molar-refractivity contribution is 6.01. The van der Waals surface area contributed by atoms with Crippen LogP contribution >= 0.6 is 0 Å². The normalized spacial score (nSPS) is 27.1. The minimum absolute atomic E-state index is 0.0353. The molecule has 3 heterocycles. The van der Waals surface area contributed by atoms with Crippen molar-refractivity contribution in [3.05, 3.63) is 35.9 Å². The summed E-state index contributed by atoms with van der Waals surface area (Å²) in [7, 11) is 5.61. The zero-order valence-electron chi connectivity index (χ0n) is 55.6. The minimum atomic E-state index is -1.77. The number of carbonyl (C=O) groups is 12. The topological polar surface area (TPSA) is 317 Å². The first kappa shape index (κ1) is 74.3. The van der Waals surface area contributed by atoms with Crippen LogP contribution in [0, 0.1) is 23.7 Å². The molecule has 7 N–H and O–H groups in total. The standard InChI is InChI=1S/C64H104N12O13/c1-17-40(8)53-58(84)65-36-51(79)72(14)48(32-38(4)5)56(82)69-52(42(10)77)62(88)76-30-24-27-47(76)57(83)70-64(11,12)63(89)68-46(61(87)75-28-22-19-23-29-75)35-50(78)71(13)41(9)54(80)66-45(34-43-25-20-18-21-26-43)59(85)73(15)49(33-39(6)7)55(81)67-44(31-37(2)3)60(86)74(53)16/h18,20-21,25-26,37-42,44-49,52-53,77H,17,19,22-24,27-36H2,1-16H3,(H,65,84)(H,66,80)(H,67,81)(H,68,89)(H,69,82)(H,70,83)/t40-,41-,42+,44-,45-,46-,47-,48-,49-,52-,53-/m0/s1. The van der Waals surface area contributed by atoms with Crippen molar-refractivity contribution in [3.63, 3.8) is 0 Å². The van der Waals surface area contributed by atoms with E-state index in [0.717, 1.165) is 16.2 Å². The van der Waals surface area contributed by atoms with Gasteiger partial charge in [-0.1, -0.05) is 92.1 Å². The van der Waals surface area contributed by atoms with E-state index in [1.54, 1.807) is 42.2 Å². The minimum Gasteiger partial charge on any atom is -0.391 e. The van der Waals surface area contributed by atoms with Crippen LogP contribution in [-0.2, 0) is 64.0 Å². The van der Waals surface area contributed by atoms with Crippen LogP contribution in [0.1, 0.15) is 153 Å². The Morgan fingerprint density at radius 2 is 1.16 bits per heavy atom. The first-order valence-electron chi connectivity index (χ1n) is 31.8. The number of piperidine rings is 1. The van der Waals surface area contributed by atoms with E-state index >= 15 is 4.79 Å². The fourth-order valence-corrected chi connectivity index (χ4v) is 11.6. The van der Waals surface area contributed by atoms with Crippen LogP contribution in [0.25, 0.3) is 0 Å². The number of likely N-dealkylation sites (tertiary alicyclic amines) is 1. The lowest BCUT2D eigenvalue weighted by Gasteiger charge is -2.36. The Bertz CT molecular complexity index is 2660. The van der Waals surface area contributed by atoms with Gasteiger partial charge in [-0.3, -0.25) is 57.5 Å². The predicted octanol–water partition coefficient (Wildman–Crippen LogP) is 1.48. The van der Waals surface area contributed by atoms with E-state index in [9.17, 15) is 57.8 Å². The van der Waals surface area contributed by atoms with Crippen molar-refractivity contribution in [2.45, 2.75) is 220 Å². The molecular weight excluding hydrogens is 1140 g/mol. The second kappa shape index (κ2) is 33.6. The summed E-state index contributed by atoms with van der Waals surface area (Å²) >= 11 is 0. The van der Waals surface area contributed by atoms with Crippen molar-refractivity contribution in [2.75, 3.05) is 54.4 Å². The van der Waals surface area contributed by atoms with E-state index in [0.29, 0.717) is 44.3 Å². The number of carbonyl (C=O) groups excluding carboxylic acids is 12. The molecule has 25 nitrogen and oxygen atoms in total. The maximum atomic E-state index is 15.0. The number of nitrogens with one attached hydrogen (secondary N) is 6. The van der Waals surface area contributed by atoms with Crippen LogP contribution in [0.4, 0.5) is 0 Å². The number of aliphatic hydroxyl groups is 1. The van der Waals surface area contributed by atoms with Crippen molar-refractivity contribution >= 4 is 70.9 Å². The molecule has 0 spiro atoms. The van der Waals surface area contributed by atoms with Gasteiger partial charge in [-0.15, -0.1) is 0 Å². The second-order valence-corrected chi connectivity index (χ2v) is 26.5. The summed E-state index contributed by atoms with van der Waals surface area (Å²) in [4.78, 5) is 182. The molecule has 498 valence electrons. The van der Waals surface area contributed by atoms with E-state index in [1.807, 2.05) is 48.5 Å². The Labute approximate surface area is 526 Å². The molecule has 3 aliphatic heterocycles. The highest BCUT2D eigenvalue weighted by atomic mass is 16.3. The fourth-order valence-electron chi connectivity index (χ4n) is 11.6. The molecule has 1 aromatic rings. The second-order valence-electron chi connectivity index (χ2n) is 26.5. The average molecular weight is 1250 g/mol. The molecule has 0 unspecified atom stereocenters. The summed E-state index contributed by atoms with van der Waals surface area (Å²) in [5, 5.41) is 27.6. The summed E-state index contributed by atoms with van der Waals surface area (Å²) in [5.41, 5.74) is -1.11. The summed E-state index contributed by atoms with van der Waals surface area (Å²) < 4.78 is 0. The van der Waals surface area contributed by atoms with Gasteiger partial charge < -0.3 is 66.4 Å². The zero-order valence-corrected chi connectivity index (χ0v) is 55.6. The lowest BCUT2D eigenvalue weighted by molar-refractivity contribution is -0.148. The first-order chi connectivity index (χ1) is 41.6. The quantitative estimate of drug-likeness (QED) is 0.156. The number of rotatable bonds is 12. The Balaban J connectivity index is 1.85. The number of fused-ring (bicyclic) bond motifs is 1. The monoisotopic (exact) mass is 1250 g/mol. The molecule has 3 fully saturated rings. The highest BCUT2D eigenvalue weighted by Gasteiger charge is 2.45. The molecule has 89 heavy (non-hydrogen) atoms. The number of amides is 12. The van der Waals surface area contributed by atoms with Crippen molar-refractivity contribution in [1.29, 1.82) is 0 Å². The maximum Gasteiger partial charge on any atom is 0.248 e. The van der Waals surface area contributed by atoms with E-state index in [2.05, 4.69) is 31.9 Å². The van der Waals surface area contributed by atoms with Crippen LogP contribution in [0.5, 0.6) is 0 Å². The smallest absolute Gasteiger partial charge is 0.248 e. The molecule has 0 aliphatic carbocycles. The molecule has 12 amide bonds. The van der Waals surface area contributed by atoms with Crippen LogP contribution in [0.2, 0.25) is 0 Å². The Morgan fingerprint density at radius 3 is 1.72 bits per heavy atom. The number of aliphatic hydroxyl groups excluding tert-OH is 1. The van der Waals surface area contributed by atoms with Crippen LogP contribution in [0.3, 0.4) is 0 Å². The van der Waals surface area contributed by atoms with Gasteiger partial charge in [-0.25, -0.2) is 0 Å². The summed E-state index contributed by atoms with van der Waals surface area (Å²) in [6, 6.07) is -2.74. The Hall–Kier alpha value is -7.18. The molecule has 0 saturated carbocycles. The molecule has 4 rings (SSSR count). The number of hydrogen-bond acceptors (Lipinski definition) is 13. The third kappa shape index (κ3) is 20.4. The van der Waals surface area contributed by atoms with E-state index in [4.69, 9.17) is 0 Å². The van der Waals surface area contributed by atoms with Crippen molar-refractivity contribution < 1.29 is 62.6 Å². The largest absolute Gasteiger partial charge is 0.391 e. The van der Waals surface area contributed by atoms with E-state index < -0.39 is 156 Å². The van der Waals surface area contributed by atoms with Crippen LogP contribution in [0.15, 0.2) is 30.3 Å². The Morgan fingerprint density at radius 1 is 0.607 bits per heavy atom. The number of nitrogens with zero attached hydrogens (tertiary/aromatic N) is 6. The van der Waals surface area contributed by atoms with Gasteiger partial charge >= 0.3 is 0 Å². The van der Waals surface area contributed by atoms with Crippen LogP contribution < -0.4 is 31.9 Å². The molecule has 0 bridgehead atoms. The molecule has 3 saturated heterocycles. The molecule has 1 aromatic carbocycles. The van der Waals surface area contributed by atoms with E-state index in [1.165, 1.54) is 70.6 Å². The molecule has 0 radical (unpaired) electrons. The lowest BCUT2D eigenvalue weighted by atomic mass is 9.94. The molecule has 11 atom stereocenters. The summed E-state index contributed by atoms with van der Waals surface area (Å²) in [6.07, 6.45) is 1.32. The fraction of sp³-hybridized carbons (Fsp3) is 0.719. The number of likely N-dealkylation sites (N-methyl/N-ethyl adjacent to an activating group) is 4. The van der Waals surface area contributed by atoms with Gasteiger partial charge in [0.2, 0.25) is 70.9 Å². The van der Waals surface area contributed by atoms with Crippen molar-refractivity contribution in [3.8, 4) is 0 Å². The van der Waals surface area contributed by atoms with Gasteiger partial charge in [0.05, 0.1) is 19.1 Å². The molecule has 25 heteroatoms. The first-order valence-corrected chi connectivity index (χ1v) is 31.8. The van der Waals surface area contributed by atoms with Gasteiger partial charge in [0.1, 0.15) is 59.9 Å². The summed E-state index contributed by atoms with van der Waals surface area (Å²) in [6.45, 7) is 20.4. The SMILES string of the molecule is CC[C@H](C)[C@H]1C(=O)NCC(=O)N(C)[C@@H](CC(C)C)C(=O)N[C@@H]([C@@H](C)O)C(=O)N2CCC[C@H]2C(=O)NC(C)(C)C(=O)N[C@H](C(=O)N2CCCCC2)CC(=O)N(C)[C@@H](C)C(=O)N[C@@H](Cc2ccccc2)C(=O)N(C)[C@@H](CC(C)C)C(=O)N[C@@H](CC(C)C)C(=O)N1C. The van der Waals surface area contributed by atoms with Crippen molar-refractivity contribution in [1.82, 2.24) is 61.3 Å². The molecular formula is C64H104N12O13. The zero-order chi connectivity index (χ0) is 66.9. The lowest BCUT2D eigenvalue weighted by Crippen LogP contribution is -2.63. The third-order valence-corrected chi connectivity index (χ3v) is 17.4.